The van der Waals surface area contributed by atoms with E-state index in [1.54, 1.807) is 18.2 Å². The highest BCUT2D eigenvalue weighted by atomic mass is 35.5. The maximum absolute atomic E-state index is 12.6. The Hall–Kier alpha value is -2.24. The third kappa shape index (κ3) is 5.37. The predicted octanol–water partition coefficient (Wildman–Crippen LogP) is 3.42. The zero-order valence-electron chi connectivity index (χ0n) is 13.9. The van der Waals surface area contributed by atoms with Gasteiger partial charge in [0.2, 0.25) is 0 Å². The summed E-state index contributed by atoms with van der Waals surface area (Å²) in [7, 11) is 3.68. The highest BCUT2D eigenvalue weighted by Gasteiger charge is 2.16. The molecule has 2 aromatic carbocycles. The van der Waals surface area contributed by atoms with Gasteiger partial charge in [-0.3, -0.25) is 9.59 Å². The molecule has 132 valence electrons. The molecule has 0 aromatic heterocycles. The molecule has 0 radical (unpaired) electrons. The normalized spacial score (nSPS) is 10.4. The van der Waals surface area contributed by atoms with Gasteiger partial charge in [-0.05, 0) is 23.8 Å². The molecule has 0 aliphatic rings. The van der Waals surface area contributed by atoms with Crippen LogP contribution in [0.1, 0.15) is 15.9 Å². The summed E-state index contributed by atoms with van der Waals surface area (Å²) in [4.78, 5) is 24.9. The van der Waals surface area contributed by atoms with Gasteiger partial charge in [-0.2, -0.15) is 0 Å². The van der Waals surface area contributed by atoms with Crippen LogP contribution < -0.4 is 15.5 Å². The van der Waals surface area contributed by atoms with Gasteiger partial charge in [-0.1, -0.05) is 53.5 Å². The van der Waals surface area contributed by atoms with Crippen molar-refractivity contribution in [3.63, 3.8) is 0 Å². The zero-order valence-corrected chi connectivity index (χ0v) is 15.4. The Morgan fingerprint density at radius 1 is 1.08 bits per heavy atom. The average molecular weight is 380 g/mol. The second-order valence-corrected chi connectivity index (χ2v) is 6.68. The van der Waals surface area contributed by atoms with Crippen LogP contribution in [0, 0.1) is 0 Å². The molecule has 0 aliphatic heterocycles. The smallest absolute Gasteiger partial charge is 0.257 e. The van der Waals surface area contributed by atoms with Crippen LogP contribution >= 0.6 is 23.2 Å². The first kappa shape index (κ1) is 19.1. The van der Waals surface area contributed by atoms with Crippen molar-refractivity contribution in [3.8, 4) is 0 Å². The van der Waals surface area contributed by atoms with Crippen molar-refractivity contribution < 1.29 is 9.59 Å². The van der Waals surface area contributed by atoms with E-state index in [9.17, 15) is 9.59 Å². The monoisotopic (exact) mass is 379 g/mol. The van der Waals surface area contributed by atoms with Crippen molar-refractivity contribution >= 4 is 46.4 Å². The lowest BCUT2D eigenvalue weighted by Crippen LogP contribution is -2.26. The summed E-state index contributed by atoms with van der Waals surface area (Å²) in [5.41, 5.74) is 2.63. The van der Waals surface area contributed by atoms with Crippen molar-refractivity contribution in [2.45, 2.75) is 11.4 Å². The van der Waals surface area contributed by atoms with Crippen LogP contribution in [0.2, 0.25) is 0 Å². The molecule has 25 heavy (non-hydrogen) atoms. The molecule has 0 fully saturated rings. The third-order valence-corrected chi connectivity index (χ3v) is 3.88. The van der Waals surface area contributed by atoms with E-state index in [2.05, 4.69) is 10.6 Å². The number of amides is 2. The van der Waals surface area contributed by atoms with Crippen molar-refractivity contribution in [1.82, 2.24) is 5.32 Å². The number of nitrogens with one attached hydrogen (secondary N) is 2. The highest BCUT2D eigenvalue weighted by molar-refractivity contribution is 6.54. The average Bonchev–Trinajstić information content (AvgIpc) is 2.60. The minimum Gasteiger partial charge on any atom is -0.377 e. The topological polar surface area (TPSA) is 61.4 Å². The summed E-state index contributed by atoms with van der Waals surface area (Å²) < 4.78 is 0. The second-order valence-electron chi connectivity index (χ2n) is 5.58. The molecule has 2 amide bonds. The Kier molecular flexibility index (Phi) is 6.67. The molecule has 7 heteroatoms. The number of anilines is 2. The quantitative estimate of drug-likeness (QED) is 0.755. The number of hydrogen-bond acceptors (Lipinski definition) is 3. The lowest BCUT2D eigenvalue weighted by atomic mass is 10.1. The maximum Gasteiger partial charge on any atom is 0.257 e. The van der Waals surface area contributed by atoms with E-state index in [0.29, 0.717) is 17.8 Å². The van der Waals surface area contributed by atoms with Crippen LogP contribution in [-0.4, -0.2) is 30.7 Å². The molecule has 0 unspecified atom stereocenters. The first-order chi connectivity index (χ1) is 11.9. The summed E-state index contributed by atoms with van der Waals surface area (Å²) in [6, 6.07) is 14.7. The number of nitrogens with zero attached hydrogens (tertiary/aromatic N) is 1. The molecule has 2 rings (SSSR count). The number of benzene rings is 2. The van der Waals surface area contributed by atoms with Crippen LogP contribution in [0.15, 0.2) is 48.5 Å². The first-order valence-corrected chi connectivity index (χ1v) is 8.48. The fourth-order valence-corrected chi connectivity index (χ4v) is 2.36. The standard InChI is InChI=1S/C18H19Cl2N3O2/c1-23(2)15-9-8-13(22-18(25)16(19)20)10-14(15)17(24)21-11-12-6-4-3-5-7-12/h3-10,16H,11H2,1-2H3,(H,21,24)(H,22,25). The Balaban J connectivity index is 2.20. The van der Waals surface area contributed by atoms with Crippen LogP contribution in [0.3, 0.4) is 0 Å². The number of carbonyl (C=O) groups is 2. The Bertz CT molecular complexity index is 749. The summed E-state index contributed by atoms with van der Waals surface area (Å²) >= 11 is 11.1. The molecule has 5 nitrogen and oxygen atoms in total. The zero-order chi connectivity index (χ0) is 18.4. The molecular weight excluding hydrogens is 361 g/mol. The SMILES string of the molecule is CN(C)c1ccc(NC(=O)C(Cl)Cl)cc1C(=O)NCc1ccccc1. The number of halogens is 2. The number of rotatable bonds is 6. The maximum atomic E-state index is 12.6. The first-order valence-electron chi connectivity index (χ1n) is 7.61. The van der Waals surface area contributed by atoms with Gasteiger partial charge >= 0.3 is 0 Å². The fraction of sp³-hybridized carbons (Fsp3) is 0.222. The van der Waals surface area contributed by atoms with Gasteiger partial charge < -0.3 is 15.5 Å². The van der Waals surface area contributed by atoms with Crippen molar-refractivity contribution in [2.24, 2.45) is 0 Å². The van der Waals surface area contributed by atoms with Gasteiger partial charge in [0.25, 0.3) is 11.8 Å². The molecule has 2 aromatic rings. The summed E-state index contributed by atoms with van der Waals surface area (Å²) in [5, 5.41) is 5.46. The largest absolute Gasteiger partial charge is 0.377 e. The summed E-state index contributed by atoms with van der Waals surface area (Å²) in [6.07, 6.45) is 0. The van der Waals surface area contributed by atoms with Crippen LogP contribution in [0.25, 0.3) is 0 Å². The number of hydrogen-bond donors (Lipinski definition) is 2. The van der Waals surface area contributed by atoms with Gasteiger partial charge in [-0.15, -0.1) is 0 Å². The molecule has 2 N–H and O–H groups in total. The molecule has 0 bridgehead atoms. The molecular formula is C18H19Cl2N3O2. The lowest BCUT2D eigenvalue weighted by molar-refractivity contribution is -0.114. The lowest BCUT2D eigenvalue weighted by Gasteiger charge is -2.18. The van der Waals surface area contributed by atoms with Crippen molar-refractivity contribution in [2.75, 3.05) is 24.3 Å². The molecule has 0 aliphatic carbocycles. The van der Waals surface area contributed by atoms with Gasteiger partial charge in [-0.25, -0.2) is 0 Å². The van der Waals surface area contributed by atoms with E-state index < -0.39 is 10.7 Å². The molecule has 0 saturated heterocycles. The second kappa shape index (κ2) is 8.74. The minimum absolute atomic E-state index is 0.239. The van der Waals surface area contributed by atoms with Gasteiger partial charge in [0.1, 0.15) is 0 Å². The number of alkyl halides is 2. The van der Waals surface area contributed by atoms with E-state index in [-0.39, 0.29) is 5.91 Å². The summed E-state index contributed by atoms with van der Waals surface area (Å²) in [6.45, 7) is 0.411. The van der Waals surface area contributed by atoms with E-state index in [0.717, 1.165) is 11.3 Å². The predicted molar refractivity (Wildman–Crippen MR) is 103 cm³/mol. The van der Waals surface area contributed by atoms with Crippen LogP contribution in [0.5, 0.6) is 0 Å². The van der Waals surface area contributed by atoms with E-state index >= 15 is 0 Å². The van der Waals surface area contributed by atoms with E-state index in [1.807, 2.05) is 49.3 Å². The molecule has 0 saturated carbocycles. The Morgan fingerprint density at radius 3 is 2.36 bits per heavy atom. The molecule has 0 atom stereocenters. The van der Waals surface area contributed by atoms with Gasteiger partial charge in [0, 0.05) is 32.0 Å². The fourth-order valence-electron chi connectivity index (χ4n) is 2.26. The Labute approximate surface area is 156 Å². The van der Waals surface area contributed by atoms with Gasteiger partial charge in [0.05, 0.1) is 5.56 Å². The number of carbonyl (C=O) groups excluding carboxylic acids is 2. The van der Waals surface area contributed by atoms with Crippen molar-refractivity contribution in [1.29, 1.82) is 0 Å². The van der Waals surface area contributed by atoms with Crippen LogP contribution in [-0.2, 0) is 11.3 Å². The summed E-state index contributed by atoms with van der Waals surface area (Å²) in [5.74, 6) is -0.784. The van der Waals surface area contributed by atoms with E-state index in [4.69, 9.17) is 23.2 Å². The van der Waals surface area contributed by atoms with Crippen LogP contribution in [0.4, 0.5) is 11.4 Å². The van der Waals surface area contributed by atoms with Gasteiger partial charge in [0.15, 0.2) is 4.84 Å². The van der Waals surface area contributed by atoms with Crippen molar-refractivity contribution in [3.05, 3.63) is 59.7 Å². The van der Waals surface area contributed by atoms with E-state index in [1.165, 1.54) is 0 Å². The Morgan fingerprint density at radius 2 is 1.76 bits per heavy atom. The highest BCUT2D eigenvalue weighted by Crippen LogP contribution is 2.23. The molecule has 0 spiro atoms. The minimum atomic E-state index is -1.18. The third-order valence-electron chi connectivity index (χ3n) is 3.48. The molecule has 0 heterocycles.